The molecule has 0 radical (unpaired) electrons. The first kappa shape index (κ1) is 12.5. The van der Waals surface area contributed by atoms with Crippen LogP contribution in [0.15, 0.2) is 30.3 Å². The highest BCUT2D eigenvalue weighted by Crippen LogP contribution is 2.08. The van der Waals surface area contributed by atoms with Crippen molar-refractivity contribution >= 4 is 5.97 Å². The number of benzene rings is 1. The van der Waals surface area contributed by atoms with Gasteiger partial charge in [0.2, 0.25) is 0 Å². The average Bonchev–Trinajstić information content (AvgIpc) is 2.30. The molecule has 4 nitrogen and oxygen atoms in total. The van der Waals surface area contributed by atoms with Crippen LogP contribution in [0.4, 0.5) is 0 Å². The van der Waals surface area contributed by atoms with Gasteiger partial charge >= 0.3 is 5.97 Å². The maximum Gasteiger partial charge on any atom is 0.323 e. The minimum absolute atomic E-state index is 0.353. The fourth-order valence-corrected chi connectivity index (χ4v) is 1.19. The highest BCUT2D eigenvalue weighted by Gasteiger charge is 2.13. The van der Waals surface area contributed by atoms with Crippen LogP contribution in [0, 0.1) is 0 Å². The minimum Gasteiger partial charge on any atom is -0.494 e. The lowest BCUT2D eigenvalue weighted by Gasteiger charge is -2.11. The first-order valence-corrected chi connectivity index (χ1v) is 5.34. The summed E-state index contributed by atoms with van der Waals surface area (Å²) >= 11 is 0. The van der Waals surface area contributed by atoms with Crippen molar-refractivity contribution in [2.24, 2.45) is 5.73 Å². The summed E-state index contributed by atoms with van der Waals surface area (Å²) in [7, 11) is 0. The Kier molecular flexibility index (Phi) is 5.36. The molecule has 88 valence electrons. The van der Waals surface area contributed by atoms with Gasteiger partial charge in [0.15, 0.2) is 0 Å². The van der Waals surface area contributed by atoms with Gasteiger partial charge < -0.3 is 15.2 Å². The summed E-state index contributed by atoms with van der Waals surface area (Å²) in [5.74, 6) is 0.401. The second-order valence-electron chi connectivity index (χ2n) is 3.31. The molecule has 0 unspecified atom stereocenters. The second kappa shape index (κ2) is 6.85. The van der Waals surface area contributed by atoms with Crippen LogP contribution in [0.5, 0.6) is 5.75 Å². The smallest absolute Gasteiger partial charge is 0.323 e. The van der Waals surface area contributed by atoms with E-state index >= 15 is 0 Å². The molecule has 16 heavy (non-hydrogen) atoms. The molecule has 0 fully saturated rings. The summed E-state index contributed by atoms with van der Waals surface area (Å²) in [6, 6.07) is 8.80. The Morgan fingerprint density at radius 2 is 2.06 bits per heavy atom. The Morgan fingerprint density at radius 3 is 2.69 bits per heavy atom. The Balaban J connectivity index is 2.23. The highest BCUT2D eigenvalue weighted by atomic mass is 16.5. The monoisotopic (exact) mass is 223 g/mol. The summed E-state index contributed by atoms with van der Waals surface area (Å²) in [5.41, 5.74) is 5.61. The van der Waals surface area contributed by atoms with Gasteiger partial charge in [-0.2, -0.15) is 0 Å². The standard InChI is InChI=1S/C12H17NO3/c1-2-15-12(14)11(13)8-9-16-10-6-4-3-5-7-10/h3-7,11H,2,8-9,13H2,1H3/t11-/m0/s1. The van der Waals surface area contributed by atoms with Crippen LogP contribution in [-0.4, -0.2) is 25.2 Å². The topological polar surface area (TPSA) is 61.5 Å². The molecule has 0 spiro atoms. The molecular weight excluding hydrogens is 206 g/mol. The van der Waals surface area contributed by atoms with Crippen LogP contribution in [0.2, 0.25) is 0 Å². The van der Waals surface area contributed by atoms with E-state index in [0.717, 1.165) is 5.75 Å². The summed E-state index contributed by atoms with van der Waals surface area (Å²) in [6.07, 6.45) is 0.452. The zero-order valence-electron chi connectivity index (χ0n) is 9.39. The molecule has 1 atom stereocenters. The normalized spacial score (nSPS) is 11.9. The van der Waals surface area contributed by atoms with Crippen LogP contribution in [0.3, 0.4) is 0 Å². The van der Waals surface area contributed by atoms with Gasteiger partial charge in [0, 0.05) is 6.42 Å². The van der Waals surface area contributed by atoms with Gasteiger partial charge in [-0.05, 0) is 19.1 Å². The predicted octanol–water partition coefficient (Wildman–Crippen LogP) is 1.35. The lowest BCUT2D eigenvalue weighted by atomic mass is 10.2. The third-order valence-electron chi connectivity index (χ3n) is 2.03. The molecular formula is C12H17NO3. The maximum atomic E-state index is 11.2. The lowest BCUT2D eigenvalue weighted by Crippen LogP contribution is -2.33. The third kappa shape index (κ3) is 4.31. The molecule has 1 aromatic carbocycles. The van der Waals surface area contributed by atoms with Gasteiger partial charge in [-0.3, -0.25) is 4.79 Å². The van der Waals surface area contributed by atoms with E-state index in [2.05, 4.69) is 0 Å². The van der Waals surface area contributed by atoms with Gasteiger partial charge in [-0.25, -0.2) is 0 Å². The van der Waals surface area contributed by atoms with Gasteiger partial charge in [0.1, 0.15) is 11.8 Å². The number of carbonyl (C=O) groups excluding carboxylic acids is 1. The molecule has 2 N–H and O–H groups in total. The first-order chi connectivity index (χ1) is 7.74. The predicted molar refractivity (Wildman–Crippen MR) is 61.2 cm³/mol. The molecule has 4 heteroatoms. The maximum absolute atomic E-state index is 11.2. The van der Waals surface area contributed by atoms with Gasteiger partial charge in [0.25, 0.3) is 0 Å². The Morgan fingerprint density at radius 1 is 1.38 bits per heavy atom. The lowest BCUT2D eigenvalue weighted by molar-refractivity contribution is -0.145. The number of rotatable bonds is 6. The largest absolute Gasteiger partial charge is 0.494 e. The van der Waals surface area contributed by atoms with E-state index in [1.807, 2.05) is 30.3 Å². The molecule has 0 aromatic heterocycles. The summed E-state index contributed by atoms with van der Waals surface area (Å²) in [5, 5.41) is 0. The second-order valence-corrected chi connectivity index (χ2v) is 3.31. The van der Waals surface area contributed by atoms with Crippen LogP contribution < -0.4 is 10.5 Å². The molecule has 0 aliphatic carbocycles. The molecule has 1 aromatic rings. The third-order valence-corrected chi connectivity index (χ3v) is 2.03. The zero-order chi connectivity index (χ0) is 11.8. The Labute approximate surface area is 95.3 Å². The van der Waals surface area contributed by atoms with Crippen molar-refractivity contribution in [3.05, 3.63) is 30.3 Å². The van der Waals surface area contributed by atoms with Crippen molar-refractivity contribution in [1.29, 1.82) is 0 Å². The molecule has 0 saturated carbocycles. The number of hydrogen-bond donors (Lipinski definition) is 1. The molecule has 0 saturated heterocycles. The fourth-order valence-electron chi connectivity index (χ4n) is 1.19. The van der Waals surface area contributed by atoms with Gasteiger partial charge in [-0.1, -0.05) is 18.2 Å². The van der Waals surface area contributed by atoms with Crippen molar-refractivity contribution < 1.29 is 14.3 Å². The Bertz CT molecular complexity index is 313. The average molecular weight is 223 g/mol. The van der Waals surface area contributed by atoms with Crippen LogP contribution in [0.1, 0.15) is 13.3 Å². The number of hydrogen-bond acceptors (Lipinski definition) is 4. The molecule has 0 bridgehead atoms. The fraction of sp³-hybridized carbons (Fsp3) is 0.417. The van der Waals surface area contributed by atoms with Crippen LogP contribution >= 0.6 is 0 Å². The van der Waals surface area contributed by atoms with E-state index in [1.165, 1.54) is 0 Å². The van der Waals surface area contributed by atoms with Crippen LogP contribution in [0.25, 0.3) is 0 Å². The van der Waals surface area contributed by atoms with Gasteiger partial charge in [0.05, 0.1) is 13.2 Å². The SMILES string of the molecule is CCOC(=O)[C@@H](N)CCOc1ccccc1. The first-order valence-electron chi connectivity index (χ1n) is 5.34. The van der Waals surface area contributed by atoms with E-state index in [4.69, 9.17) is 15.2 Å². The van der Waals surface area contributed by atoms with Crippen molar-refractivity contribution in [3.63, 3.8) is 0 Å². The summed E-state index contributed by atoms with van der Waals surface area (Å²) in [4.78, 5) is 11.2. The molecule has 1 rings (SSSR count). The number of esters is 1. The summed E-state index contributed by atoms with van der Waals surface area (Å²) < 4.78 is 10.2. The van der Waals surface area contributed by atoms with Crippen LogP contribution in [-0.2, 0) is 9.53 Å². The van der Waals surface area contributed by atoms with E-state index in [0.29, 0.717) is 19.6 Å². The number of nitrogens with two attached hydrogens (primary N) is 1. The van der Waals surface area contributed by atoms with Crippen molar-refractivity contribution in [3.8, 4) is 5.75 Å². The molecule has 0 aliphatic heterocycles. The van der Waals surface area contributed by atoms with E-state index in [1.54, 1.807) is 6.92 Å². The highest BCUT2D eigenvalue weighted by molar-refractivity contribution is 5.75. The molecule has 0 amide bonds. The summed E-state index contributed by atoms with van der Waals surface area (Å²) in [6.45, 7) is 2.52. The number of para-hydroxylation sites is 1. The molecule has 0 aliphatic rings. The van der Waals surface area contributed by atoms with E-state index in [9.17, 15) is 4.79 Å². The Hall–Kier alpha value is -1.55. The zero-order valence-corrected chi connectivity index (χ0v) is 9.39. The number of carbonyl (C=O) groups is 1. The van der Waals surface area contributed by atoms with Crippen molar-refractivity contribution in [2.75, 3.05) is 13.2 Å². The quantitative estimate of drug-likeness (QED) is 0.739. The molecule has 0 heterocycles. The number of ether oxygens (including phenoxy) is 2. The minimum atomic E-state index is -0.608. The van der Waals surface area contributed by atoms with Crippen molar-refractivity contribution in [2.45, 2.75) is 19.4 Å². The van der Waals surface area contributed by atoms with E-state index in [-0.39, 0.29) is 5.97 Å². The van der Waals surface area contributed by atoms with E-state index < -0.39 is 6.04 Å². The van der Waals surface area contributed by atoms with Gasteiger partial charge in [-0.15, -0.1) is 0 Å². The van der Waals surface area contributed by atoms with Crippen molar-refractivity contribution in [1.82, 2.24) is 0 Å².